The van der Waals surface area contributed by atoms with Crippen molar-refractivity contribution in [3.8, 4) is 22.8 Å². The molecule has 1 amide bonds. The Morgan fingerprint density at radius 3 is 2.55 bits per heavy atom. The van der Waals surface area contributed by atoms with Crippen LogP contribution in [0.4, 0.5) is 13.2 Å². The molecule has 1 N–H and O–H groups in total. The number of nitrogens with zero attached hydrogens (tertiary/aromatic N) is 3. The summed E-state index contributed by atoms with van der Waals surface area (Å²) in [5.41, 5.74) is 0.117. The lowest BCUT2D eigenvalue weighted by molar-refractivity contribution is -0.137. The molecule has 2 aromatic carbocycles. The molecule has 3 rings (SSSR count). The van der Waals surface area contributed by atoms with Crippen LogP contribution in [0, 0.1) is 0 Å². The number of hydrogen-bond acceptors (Lipinski definition) is 5. The fraction of sp³-hybridized carbons (Fsp3) is 0.286. The standard InChI is InChI=1S/C21H21F3N4O2S/c1-3-11-25-18(29)13-31-20-27-26-19(14-7-9-17(30-2)10-8-14)28(20)16-6-4-5-15(12-16)21(22,23)24/h4-10,12H,3,11,13H2,1-2H3,(H,25,29). The molecule has 1 aromatic heterocycles. The predicted molar refractivity (Wildman–Crippen MR) is 112 cm³/mol. The van der Waals surface area contributed by atoms with Gasteiger partial charge in [0.25, 0.3) is 0 Å². The lowest BCUT2D eigenvalue weighted by Crippen LogP contribution is -2.25. The van der Waals surface area contributed by atoms with E-state index in [2.05, 4.69) is 15.5 Å². The molecule has 0 aliphatic rings. The minimum atomic E-state index is -4.49. The number of carbonyl (C=O) groups excluding carboxylic acids is 1. The maximum absolute atomic E-state index is 13.3. The Labute approximate surface area is 181 Å². The summed E-state index contributed by atoms with van der Waals surface area (Å²) in [7, 11) is 1.54. The number of nitrogens with one attached hydrogen (secondary N) is 1. The van der Waals surface area contributed by atoms with Crippen molar-refractivity contribution in [1.29, 1.82) is 0 Å². The lowest BCUT2D eigenvalue weighted by Gasteiger charge is -2.13. The molecule has 0 bridgehead atoms. The van der Waals surface area contributed by atoms with E-state index in [9.17, 15) is 18.0 Å². The van der Waals surface area contributed by atoms with Gasteiger partial charge in [0.15, 0.2) is 11.0 Å². The molecule has 0 atom stereocenters. The SMILES string of the molecule is CCCNC(=O)CSc1nnc(-c2ccc(OC)cc2)n1-c1cccc(C(F)(F)F)c1. The van der Waals surface area contributed by atoms with E-state index >= 15 is 0 Å². The molecule has 0 aliphatic heterocycles. The third kappa shape index (κ3) is 5.57. The molecule has 0 fully saturated rings. The van der Waals surface area contributed by atoms with Crippen molar-refractivity contribution in [1.82, 2.24) is 20.1 Å². The Kier molecular flexibility index (Phi) is 7.21. The van der Waals surface area contributed by atoms with Crippen LogP contribution in [-0.2, 0) is 11.0 Å². The van der Waals surface area contributed by atoms with Gasteiger partial charge in [-0.25, -0.2) is 0 Å². The molecule has 6 nitrogen and oxygen atoms in total. The number of carbonyl (C=O) groups is 1. The first-order valence-electron chi connectivity index (χ1n) is 9.50. The number of amides is 1. The molecule has 0 saturated heterocycles. The highest BCUT2D eigenvalue weighted by atomic mass is 32.2. The minimum absolute atomic E-state index is 0.0692. The van der Waals surface area contributed by atoms with Gasteiger partial charge in [0, 0.05) is 12.1 Å². The maximum Gasteiger partial charge on any atom is 0.416 e. The fourth-order valence-corrected chi connectivity index (χ4v) is 3.57. The quantitative estimate of drug-likeness (QED) is 0.509. The maximum atomic E-state index is 13.3. The molecule has 31 heavy (non-hydrogen) atoms. The van der Waals surface area contributed by atoms with E-state index in [0.29, 0.717) is 28.8 Å². The summed E-state index contributed by atoms with van der Waals surface area (Å²) in [6.07, 6.45) is -3.68. The van der Waals surface area contributed by atoms with Crippen molar-refractivity contribution in [3.63, 3.8) is 0 Å². The van der Waals surface area contributed by atoms with Crippen LogP contribution in [0.15, 0.2) is 53.7 Å². The van der Waals surface area contributed by atoms with Crippen molar-refractivity contribution in [2.75, 3.05) is 19.4 Å². The van der Waals surface area contributed by atoms with E-state index in [4.69, 9.17) is 4.74 Å². The number of halogens is 3. The summed E-state index contributed by atoms with van der Waals surface area (Å²) < 4.78 is 46.5. The monoisotopic (exact) mass is 450 g/mol. The van der Waals surface area contributed by atoms with Gasteiger partial charge in [-0.15, -0.1) is 10.2 Å². The fourth-order valence-electron chi connectivity index (χ4n) is 2.79. The zero-order chi connectivity index (χ0) is 22.4. The van der Waals surface area contributed by atoms with Crippen LogP contribution in [0.3, 0.4) is 0 Å². The van der Waals surface area contributed by atoms with E-state index in [-0.39, 0.29) is 17.3 Å². The average Bonchev–Trinajstić information content (AvgIpc) is 3.19. The lowest BCUT2D eigenvalue weighted by atomic mass is 10.1. The first-order chi connectivity index (χ1) is 14.8. The van der Waals surface area contributed by atoms with Crippen LogP contribution in [-0.4, -0.2) is 40.1 Å². The number of hydrogen-bond donors (Lipinski definition) is 1. The number of alkyl halides is 3. The number of rotatable bonds is 8. The van der Waals surface area contributed by atoms with Crippen LogP contribution >= 0.6 is 11.8 Å². The van der Waals surface area contributed by atoms with Crippen LogP contribution in [0.1, 0.15) is 18.9 Å². The van der Waals surface area contributed by atoms with Crippen molar-refractivity contribution >= 4 is 17.7 Å². The Bertz CT molecular complexity index is 1040. The van der Waals surface area contributed by atoms with Gasteiger partial charge in [0.05, 0.1) is 24.1 Å². The zero-order valence-electron chi connectivity index (χ0n) is 16.9. The summed E-state index contributed by atoms with van der Waals surface area (Å²) in [5.74, 6) is 0.880. The second kappa shape index (κ2) is 9.86. The first-order valence-corrected chi connectivity index (χ1v) is 10.5. The van der Waals surface area contributed by atoms with E-state index in [1.807, 2.05) is 6.92 Å². The highest BCUT2D eigenvalue weighted by Gasteiger charge is 2.31. The Hall–Kier alpha value is -3.01. The average molecular weight is 450 g/mol. The van der Waals surface area contributed by atoms with Crippen LogP contribution < -0.4 is 10.1 Å². The number of benzene rings is 2. The Morgan fingerprint density at radius 2 is 1.90 bits per heavy atom. The minimum Gasteiger partial charge on any atom is -0.497 e. The molecule has 0 radical (unpaired) electrons. The van der Waals surface area contributed by atoms with Gasteiger partial charge >= 0.3 is 6.18 Å². The van der Waals surface area contributed by atoms with Gasteiger partial charge in [-0.3, -0.25) is 9.36 Å². The number of ether oxygens (including phenoxy) is 1. The summed E-state index contributed by atoms with van der Waals surface area (Å²) in [4.78, 5) is 12.0. The largest absolute Gasteiger partial charge is 0.497 e. The van der Waals surface area contributed by atoms with Gasteiger partial charge in [0.1, 0.15) is 5.75 Å². The number of methoxy groups -OCH3 is 1. The molecule has 3 aromatic rings. The van der Waals surface area contributed by atoms with Crippen molar-refractivity contribution in [3.05, 3.63) is 54.1 Å². The molecule has 0 aliphatic carbocycles. The number of thioether (sulfide) groups is 1. The highest BCUT2D eigenvalue weighted by Crippen LogP contribution is 2.33. The van der Waals surface area contributed by atoms with Gasteiger partial charge in [-0.05, 0) is 48.9 Å². The van der Waals surface area contributed by atoms with E-state index < -0.39 is 11.7 Å². The molecule has 164 valence electrons. The molecule has 0 spiro atoms. The summed E-state index contributed by atoms with van der Waals surface area (Å²) in [5, 5.41) is 11.4. The highest BCUT2D eigenvalue weighted by molar-refractivity contribution is 7.99. The second-order valence-electron chi connectivity index (χ2n) is 6.56. The van der Waals surface area contributed by atoms with Crippen LogP contribution in [0.2, 0.25) is 0 Å². The van der Waals surface area contributed by atoms with E-state index in [1.54, 1.807) is 37.4 Å². The molecule has 0 saturated carbocycles. The molecule has 10 heteroatoms. The summed E-state index contributed by atoms with van der Waals surface area (Å²) in [6, 6.07) is 11.9. The van der Waals surface area contributed by atoms with Crippen LogP contribution in [0.5, 0.6) is 5.75 Å². The van der Waals surface area contributed by atoms with E-state index in [0.717, 1.165) is 30.3 Å². The van der Waals surface area contributed by atoms with Crippen molar-refractivity contribution in [2.24, 2.45) is 0 Å². The zero-order valence-corrected chi connectivity index (χ0v) is 17.8. The smallest absolute Gasteiger partial charge is 0.416 e. The Balaban J connectivity index is 2.02. The normalized spacial score (nSPS) is 11.4. The van der Waals surface area contributed by atoms with Gasteiger partial charge in [0.2, 0.25) is 5.91 Å². The van der Waals surface area contributed by atoms with Gasteiger partial charge in [-0.2, -0.15) is 13.2 Å². The predicted octanol–water partition coefficient (Wildman–Crippen LogP) is 4.58. The first kappa shape index (κ1) is 22.7. The third-order valence-electron chi connectivity index (χ3n) is 4.32. The second-order valence-corrected chi connectivity index (χ2v) is 7.50. The molecule has 1 heterocycles. The van der Waals surface area contributed by atoms with Crippen molar-refractivity contribution in [2.45, 2.75) is 24.7 Å². The van der Waals surface area contributed by atoms with Gasteiger partial charge < -0.3 is 10.1 Å². The third-order valence-corrected chi connectivity index (χ3v) is 5.25. The van der Waals surface area contributed by atoms with Crippen LogP contribution in [0.25, 0.3) is 17.1 Å². The van der Waals surface area contributed by atoms with E-state index in [1.165, 1.54) is 10.6 Å². The van der Waals surface area contributed by atoms with Crippen molar-refractivity contribution < 1.29 is 22.7 Å². The molecular weight excluding hydrogens is 429 g/mol. The topological polar surface area (TPSA) is 69.0 Å². The summed E-state index contributed by atoms with van der Waals surface area (Å²) >= 11 is 1.11. The Morgan fingerprint density at radius 1 is 1.16 bits per heavy atom. The van der Waals surface area contributed by atoms with Gasteiger partial charge in [-0.1, -0.05) is 24.8 Å². The number of aromatic nitrogens is 3. The molecular formula is C21H21F3N4O2S. The summed E-state index contributed by atoms with van der Waals surface area (Å²) in [6.45, 7) is 2.50. The molecule has 0 unspecified atom stereocenters.